The van der Waals surface area contributed by atoms with E-state index in [0.717, 1.165) is 11.8 Å². The molecule has 0 spiro atoms. The molecule has 4 aliphatic rings. The van der Waals surface area contributed by atoms with Gasteiger partial charge in [-0.25, -0.2) is 4.79 Å². The molecule has 0 aromatic heterocycles. The molecule has 4 bridgehead atoms. The third-order valence-corrected chi connectivity index (χ3v) is 6.79. The molecule has 0 N–H and O–H groups in total. The van der Waals surface area contributed by atoms with E-state index in [4.69, 9.17) is 4.74 Å². The average Bonchev–Trinajstić information content (AvgIpc) is 2.47. The van der Waals surface area contributed by atoms with E-state index < -0.39 is 0 Å². The first-order valence-corrected chi connectivity index (χ1v) is 9.36. The van der Waals surface area contributed by atoms with Gasteiger partial charge in [0.05, 0.1) is 0 Å². The van der Waals surface area contributed by atoms with Crippen LogP contribution in [0, 0.1) is 29.6 Å². The molecule has 1 unspecified atom stereocenters. The van der Waals surface area contributed by atoms with Gasteiger partial charge in [-0.2, -0.15) is 0 Å². The standard InChI is InChI=1S/C20H32O2/c1-5-6-7-14(4)20(22-19(21)13(2)3)17-9-15-8-16(11-17)12-18(20)10-15/h14-18H,2,5-12H2,1,3-4H3. The molecule has 4 rings (SSSR count). The number of unbranched alkanes of at least 4 members (excludes halogenated alkanes) is 1. The fourth-order valence-electron chi connectivity index (χ4n) is 5.98. The Kier molecular flexibility index (Phi) is 4.40. The largest absolute Gasteiger partial charge is 0.455 e. The highest BCUT2D eigenvalue weighted by molar-refractivity contribution is 5.87. The van der Waals surface area contributed by atoms with Gasteiger partial charge in [0, 0.05) is 5.57 Å². The van der Waals surface area contributed by atoms with E-state index >= 15 is 0 Å². The van der Waals surface area contributed by atoms with E-state index in [1.54, 1.807) is 6.92 Å². The summed E-state index contributed by atoms with van der Waals surface area (Å²) >= 11 is 0. The van der Waals surface area contributed by atoms with E-state index in [9.17, 15) is 4.79 Å². The lowest BCUT2D eigenvalue weighted by Crippen LogP contribution is -2.62. The third kappa shape index (κ3) is 2.53. The molecular formula is C20H32O2. The van der Waals surface area contributed by atoms with Crippen molar-refractivity contribution in [2.45, 2.75) is 77.7 Å². The lowest BCUT2D eigenvalue weighted by atomic mass is 9.47. The molecule has 4 aliphatic carbocycles. The Hall–Kier alpha value is -0.790. The van der Waals surface area contributed by atoms with Crippen LogP contribution in [-0.4, -0.2) is 11.6 Å². The van der Waals surface area contributed by atoms with Crippen molar-refractivity contribution < 1.29 is 9.53 Å². The van der Waals surface area contributed by atoms with Crippen LogP contribution in [0.3, 0.4) is 0 Å². The Labute approximate surface area is 135 Å². The Balaban J connectivity index is 1.89. The topological polar surface area (TPSA) is 26.3 Å². The predicted octanol–water partition coefficient (Wildman–Crippen LogP) is 5.13. The Morgan fingerprint density at radius 3 is 2.18 bits per heavy atom. The average molecular weight is 304 g/mol. The number of carbonyl (C=O) groups is 1. The SMILES string of the molecule is C=C(C)C(=O)OC1(C(C)CCCC)C2CC3CC(C2)CC1C3. The van der Waals surface area contributed by atoms with Crippen molar-refractivity contribution in [3.05, 3.63) is 12.2 Å². The van der Waals surface area contributed by atoms with E-state index in [-0.39, 0.29) is 11.6 Å². The molecule has 0 saturated heterocycles. The zero-order chi connectivity index (χ0) is 15.9. The van der Waals surface area contributed by atoms with Crippen molar-refractivity contribution in [2.75, 3.05) is 0 Å². The molecule has 4 saturated carbocycles. The predicted molar refractivity (Wildman–Crippen MR) is 89.4 cm³/mol. The summed E-state index contributed by atoms with van der Waals surface area (Å²) in [6, 6.07) is 0. The van der Waals surface area contributed by atoms with Crippen molar-refractivity contribution in [1.29, 1.82) is 0 Å². The van der Waals surface area contributed by atoms with Crippen LogP contribution < -0.4 is 0 Å². The first kappa shape index (κ1) is 16.1. The maximum Gasteiger partial charge on any atom is 0.333 e. The van der Waals surface area contributed by atoms with Crippen LogP contribution in [0.15, 0.2) is 12.2 Å². The second-order valence-electron chi connectivity index (χ2n) is 8.37. The van der Waals surface area contributed by atoms with Crippen LogP contribution in [0.1, 0.15) is 72.1 Å². The van der Waals surface area contributed by atoms with Gasteiger partial charge in [-0.15, -0.1) is 0 Å². The number of hydrogen-bond acceptors (Lipinski definition) is 2. The minimum absolute atomic E-state index is 0.157. The molecule has 124 valence electrons. The molecule has 2 nitrogen and oxygen atoms in total. The van der Waals surface area contributed by atoms with Gasteiger partial charge in [0.1, 0.15) is 5.60 Å². The second-order valence-corrected chi connectivity index (χ2v) is 8.37. The molecule has 0 heterocycles. The lowest BCUT2D eigenvalue weighted by molar-refractivity contribution is -0.224. The molecule has 0 amide bonds. The van der Waals surface area contributed by atoms with Gasteiger partial charge >= 0.3 is 5.97 Å². The number of carbonyl (C=O) groups excluding carboxylic acids is 1. The molecule has 0 radical (unpaired) electrons. The molecule has 22 heavy (non-hydrogen) atoms. The molecule has 2 heteroatoms. The van der Waals surface area contributed by atoms with Gasteiger partial charge in [0.25, 0.3) is 0 Å². The highest BCUT2D eigenvalue weighted by atomic mass is 16.6. The normalized spacial score (nSPS) is 40.5. The van der Waals surface area contributed by atoms with Crippen LogP contribution in [0.2, 0.25) is 0 Å². The van der Waals surface area contributed by atoms with Crippen LogP contribution in [0.5, 0.6) is 0 Å². The monoisotopic (exact) mass is 304 g/mol. The van der Waals surface area contributed by atoms with E-state index in [1.165, 1.54) is 51.4 Å². The fourth-order valence-corrected chi connectivity index (χ4v) is 5.98. The summed E-state index contributed by atoms with van der Waals surface area (Å²) in [5.41, 5.74) is 0.356. The molecule has 4 fully saturated rings. The van der Waals surface area contributed by atoms with Crippen molar-refractivity contribution in [1.82, 2.24) is 0 Å². The number of rotatable bonds is 6. The van der Waals surface area contributed by atoms with Gasteiger partial charge in [-0.05, 0) is 75.0 Å². The van der Waals surface area contributed by atoms with Gasteiger partial charge in [-0.1, -0.05) is 33.3 Å². The molecule has 1 atom stereocenters. The molecule has 0 aromatic carbocycles. The van der Waals surface area contributed by atoms with E-state index in [2.05, 4.69) is 20.4 Å². The van der Waals surface area contributed by atoms with E-state index in [0.29, 0.717) is 23.3 Å². The van der Waals surface area contributed by atoms with Crippen LogP contribution in [0.25, 0.3) is 0 Å². The maximum absolute atomic E-state index is 12.4. The Morgan fingerprint density at radius 2 is 1.73 bits per heavy atom. The quantitative estimate of drug-likeness (QED) is 0.502. The van der Waals surface area contributed by atoms with Gasteiger partial charge < -0.3 is 4.74 Å². The summed E-state index contributed by atoms with van der Waals surface area (Å²) in [6.45, 7) is 10.2. The summed E-state index contributed by atoms with van der Waals surface area (Å²) in [4.78, 5) is 12.4. The van der Waals surface area contributed by atoms with Crippen LogP contribution in [-0.2, 0) is 9.53 Å². The van der Waals surface area contributed by atoms with Gasteiger partial charge in [0.2, 0.25) is 0 Å². The summed E-state index contributed by atoms with van der Waals surface area (Å²) in [5.74, 6) is 3.31. The van der Waals surface area contributed by atoms with Gasteiger partial charge in [0.15, 0.2) is 0 Å². The zero-order valence-electron chi connectivity index (χ0n) is 14.6. The van der Waals surface area contributed by atoms with Crippen molar-refractivity contribution in [2.24, 2.45) is 29.6 Å². The number of ether oxygens (including phenoxy) is 1. The Bertz CT molecular complexity index is 423. The van der Waals surface area contributed by atoms with Gasteiger partial charge in [-0.3, -0.25) is 0 Å². The number of esters is 1. The molecule has 0 aromatic rings. The molecular weight excluding hydrogens is 272 g/mol. The Morgan fingerprint density at radius 1 is 1.18 bits per heavy atom. The highest BCUT2D eigenvalue weighted by Crippen LogP contribution is 2.62. The minimum Gasteiger partial charge on any atom is -0.455 e. The number of hydrogen-bond donors (Lipinski definition) is 0. The summed E-state index contributed by atoms with van der Waals surface area (Å²) in [6.07, 6.45) is 10.2. The first-order valence-electron chi connectivity index (χ1n) is 9.36. The highest BCUT2D eigenvalue weighted by Gasteiger charge is 2.61. The zero-order valence-corrected chi connectivity index (χ0v) is 14.6. The second kappa shape index (κ2) is 6.02. The maximum atomic E-state index is 12.4. The summed E-state index contributed by atoms with van der Waals surface area (Å²) in [5, 5.41) is 0. The van der Waals surface area contributed by atoms with Crippen molar-refractivity contribution in [3.8, 4) is 0 Å². The van der Waals surface area contributed by atoms with Crippen LogP contribution in [0.4, 0.5) is 0 Å². The first-order chi connectivity index (χ1) is 10.5. The lowest BCUT2D eigenvalue weighted by Gasteiger charge is -2.62. The fraction of sp³-hybridized carbons (Fsp3) is 0.850. The minimum atomic E-state index is -0.196. The smallest absolute Gasteiger partial charge is 0.333 e. The summed E-state index contributed by atoms with van der Waals surface area (Å²) in [7, 11) is 0. The summed E-state index contributed by atoms with van der Waals surface area (Å²) < 4.78 is 6.30. The van der Waals surface area contributed by atoms with Crippen molar-refractivity contribution in [3.63, 3.8) is 0 Å². The van der Waals surface area contributed by atoms with Crippen molar-refractivity contribution >= 4 is 5.97 Å². The molecule has 0 aliphatic heterocycles. The van der Waals surface area contributed by atoms with Crippen LogP contribution >= 0.6 is 0 Å². The third-order valence-electron chi connectivity index (χ3n) is 6.79. The van der Waals surface area contributed by atoms with E-state index in [1.807, 2.05) is 0 Å².